The number of nitrogens with zero attached hydrogens (tertiary/aromatic N) is 2. The Hall–Kier alpha value is -3.05. The maximum Gasteiger partial charge on any atom is 0.314 e. The minimum atomic E-state index is -0.624. The number of methoxy groups -OCH3 is 2. The van der Waals surface area contributed by atoms with Gasteiger partial charge >= 0.3 is 6.03 Å². The van der Waals surface area contributed by atoms with Gasteiger partial charge in [0.05, 0.1) is 22.6 Å². The molecule has 0 radical (unpaired) electrons. The summed E-state index contributed by atoms with van der Waals surface area (Å²) in [5, 5.41) is 15.9. The number of nitro groups is 1. The van der Waals surface area contributed by atoms with Crippen LogP contribution in [0.3, 0.4) is 0 Å². The van der Waals surface area contributed by atoms with Crippen molar-refractivity contribution in [1.29, 1.82) is 0 Å². The molecule has 0 spiro atoms. The number of carbonyl (C=O) groups is 3. The first kappa shape index (κ1) is 20.3. The topological polar surface area (TPSA) is 140 Å². The van der Waals surface area contributed by atoms with Gasteiger partial charge in [0.25, 0.3) is 17.5 Å². The molecule has 0 aromatic heterocycles. The maximum absolute atomic E-state index is 12.3. The van der Waals surface area contributed by atoms with Crippen molar-refractivity contribution in [1.82, 2.24) is 15.5 Å². The normalized spacial score (nSPS) is 13.1. The Morgan fingerprint density at radius 1 is 1.19 bits per heavy atom. The number of urea groups is 1. The Morgan fingerprint density at radius 3 is 2.48 bits per heavy atom. The molecule has 0 aliphatic carbocycles. The van der Waals surface area contributed by atoms with Crippen molar-refractivity contribution in [3.05, 3.63) is 39.4 Å². The first-order valence-electron chi connectivity index (χ1n) is 8.11. The van der Waals surface area contributed by atoms with Gasteiger partial charge < -0.3 is 20.1 Å². The van der Waals surface area contributed by atoms with E-state index >= 15 is 0 Å². The third kappa shape index (κ3) is 4.77. The van der Waals surface area contributed by atoms with Gasteiger partial charge in [-0.2, -0.15) is 0 Å². The third-order valence-electron chi connectivity index (χ3n) is 3.96. The lowest BCUT2D eigenvalue weighted by Gasteiger charge is -2.15. The molecule has 4 amide bonds. The van der Waals surface area contributed by atoms with Gasteiger partial charge in [-0.1, -0.05) is 0 Å². The molecule has 146 valence electrons. The van der Waals surface area contributed by atoms with Crippen molar-refractivity contribution in [2.45, 2.75) is 12.7 Å². The molecule has 0 atom stereocenters. The highest BCUT2D eigenvalue weighted by Crippen LogP contribution is 2.26. The van der Waals surface area contributed by atoms with Crippen LogP contribution in [0, 0.1) is 10.1 Å². The van der Waals surface area contributed by atoms with Crippen LogP contribution in [-0.4, -0.2) is 67.8 Å². The summed E-state index contributed by atoms with van der Waals surface area (Å²) < 4.78 is 9.86. The van der Waals surface area contributed by atoms with Crippen LogP contribution in [0.1, 0.15) is 27.1 Å². The smallest absolute Gasteiger partial charge is 0.314 e. The first-order valence-corrected chi connectivity index (χ1v) is 8.11. The molecule has 1 aromatic rings. The molecule has 11 heteroatoms. The summed E-state index contributed by atoms with van der Waals surface area (Å²) in [6.45, 7) is 0.471. The SMILES string of the molecule is COC(CNC(=O)NCCCN1C(=O)c2ccc([N+](=O)[O-])cc2C1=O)OC. The van der Waals surface area contributed by atoms with E-state index in [-0.39, 0.29) is 36.4 Å². The van der Waals surface area contributed by atoms with E-state index in [1.807, 2.05) is 0 Å². The van der Waals surface area contributed by atoms with E-state index in [1.54, 1.807) is 0 Å². The summed E-state index contributed by atoms with van der Waals surface area (Å²) in [6.07, 6.45) is -0.225. The zero-order valence-corrected chi connectivity index (χ0v) is 14.9. The minimum absolute atomic E-state index is 0.0186. The Bertz CT molecular complexity index is 748. The number of amides is 4. The Labute approximate surface area is 154 Å². The van der Waals surface area contributed by atoms with Crippen LogP contribution in [0.25, 0.3) is 0 Å². The highest BCUT2D eigenvalue weighted by Gasteiger charge is 2.36. The lowest BCUT2D eigenvalue weighted by atomic mass is 10.1. The van der Waals surface area contributed by atoms with Gasteiger partial charge in [-0.15, -0.1) is 0 Å². The molecular weight excluding hydrogens is 360 g/mol. The van der Waals surface area contributed by atoms with Crippen molar-refractivity contribution >= 4 is 23.5 Å². The summed E-state index contributed by atoms with van der Waals surface area (Å²) in [4.78, 5) is 47.4. The number of ether oxygens (including phenoxy) is 2. The van der Waals surface area contributed by atoms with Gasteiger partial charge in [0.1, 0.15) is 0 Å². The summed E-state index contributed by atoms with van der Waals surface area (Å²) in [6, 6.07) is 3.13. The molecule has 27 heavy (non-hydrogen) atoms. The van der Waals surface area contributed by atoms with Crippen molar-refractivity contribution in [2.75, 3.05) is 33.9 Å². The van der Waals surface area contributed by atoms with E-state index in [9.17, 15) is 24.5 Å². The predicted octanol–water partition coefficient (Wildman–Crippen LogP) is 0.499. The molecule has 1 aliphatic rings. The lowest BCUT2D eigenvalue weighted by molar-refractivity contribution is -0.384. The molecule has 1 heterocycles. The molecule has 1 aliphatic heterocycles. The number of fused-ring (bicyclic) bond motifs is 1. The van der Waals surface area contributed by atoms with E-state index < -0.39 is 29.1 Å². The summed E-state index contributed by atoms with van der Waals surface area (Å²) in [7, 11) is 2.90. The second kappa shape index (κ2) is 9.05. The minimum Gasteiger partial charge on any atom is -0.354 e. The lowest BCUT2D eigenvalue weighted by Crippen LogP contribution is -2.41. The number of hydrogen-bond acceptors (Lipinski definition) is 7. The van der Waals surface area contributed by atoms with Gasteiger partial charge in [-0.05, 0) is 12.5 Å². The van der Waals surface area contributed by atoms with Crippen LogP contribution in [0.15, 0.2) is 18.2 Å². The number of non-ortho nitro benzene ring substituents is 1. The number of benzene rings is 1. The molecule has 0 saturated heterocycles. The fourth-order valence-corrected chi connectivity index (χ4v) is 2.54. The molecule has 0 bridgehead atoms. The predicted molar refractivity (Wildman–Crippen MR) is 92.3 cm³/mol. The third-order valence-corrected chi connectivity index (χ3v) is 3.96. The van der Waals surface area contributed by atoms with Gasteiger partial charge in [-0.3, -0.25) is 24.6 Å². The van der Waals surface area contributed by atoms with Crippen LogP contribution < -0.4 is 10.6 Å². The highest BCUT2D eigenvalue weighted by atomic mass is 16.7. The van der Waals surface area contributed by atoms with Crippen molar-refractivity contribution < 1.29 is 28.8 Å². The van der Waals surface area contributed by atoms with Crippen molar-refractivity contribution in [3.8, 4) is 0 Å². The number of imide groups is 1. The number of nitrogens with one attached hydrogen (secondary N) is 2. The standard InChI is InChI=1S/C16H20N4O7/c1-26-13(27-2)9-18-16(23)17-6-3-7-19-14(21)11-5-4-10(20(24)25)8-12(11)15(19)22/h4-5,8,13H,3,6-7,9H2,1-2H3,(H2,17,18,23). The van der Waals surface area contributed by atoms with Gasteiger partial charge in [0, 0.05) is 39.4 Å². The van der Waals surface area contributed by atoms with E-state index in [1.165, 1.54) is 26.4 Å². The van der Waals surface area contributed by atoms with Crippen LogP contribution in [0.5, 0.6) is 0 Å². The molecule has 1 aromatic carbocycles. The highest BCUT2D eigenvalue weighted by molar-refractivity contribution is 6.21. The van der Waals surface area contributed by atoms with E-state index in [0.717, 1.165) is 11.0 Å². The first-order chi connectivity index (χ1) is 12.9. The molecule has 0 saturated carbocycles. The van der Waals surface area contributed by atoms with Crippen molar-refractivity contribution in [2.24, 2.45) is 0 Å². The van der Waals surface area contributed by atoms with E-state index in [0.29, 0.717) is 6.42 Å². The number of rotatable bonds is 9. The van der Waals surface area contributed by atoms with E-state index in [4.69, 9.17) is 9.47 Å². The molecule has 2 N–H and O–H groups in total. The zero-order valence-electron chi connectivity index (χ0n) is 14.9. The van der Waals surface area contributed by atoms with Gasteiger partial charge in [0.2, 0.25) is 0 Å². The van der Waals surface area contributed by atoms with Crippen LogP contribution in [0.2, 0.25) is 0 Å². The quantitative estimate of drug-likeness (QED) is 0.209. The largest absolute Gasteiger partial charge is 0.354 e. The van der Waals surface area contributed by atoms with Crippen LogP contribution in [0.4, 0.5) is 10.5 Å². The Morgan fingerprint density at radius 2 is 1.85 bits per heavy atom. The fraction of sp³-hybridized carbons (Fsp3) is 0.438. The Balaban J connectivity index is 1.81. The average Bonchev–Trinajstić information content (AvgIpc) is 2.90. The molecular formula is C16H20N4O7. The second-order valence-corrected chi connectivity index (χ2v) is 5.64. The summed E-state index contributed by atoms with van der Waals surface area (Å²) in [5.41, 5.74) is -0.0907. The van der Waals surface area contributed by atoms with E-state index in [2.05, 4.69) is 10.6 Å². The monoisotopic (exact) mass is 380 g/mol. The number of hydrogen-bond donors (Lipinski definition) is 2. The summed E-state index contributed by atoms with van der Waals surface area (Å²) in [5.74, 6) is -1.08. The van der Waals surface area contributed by atoms with Crippen LogP contribution in [-0.2, 0) is 9.47 Å². The number of nitro benzene ring substituents is 1. The molecule has 11 nitrogen and oxygen atoms in total. The van der Waals surface area contributed by atoms with Crippen LogP contribution >= 0.6 is 0 Å². The van der Waals surface area contributed by atoms with Crippen molar-refractivity contribution in [3.63, 3.8) is 0 Å². The molecule has 2 rings (SSSR count). The number of carbonyl (C=O) groups excluding carboxylic acids is 3. The maximum atomic E-state index is 12.3. The fourth-order valence-electron chi connectivity index (χ4n) is 2.54. The zero-order chi connectivity index (χ0) is 20.0. The molecule has 0 fully saturated rings. The molecule has 0 unspecified atom stereocenters. The average molecular weight is 380 g/mol. The van der Waals surface area contributed by atoms with Gasteiger partial charge in [0.15, 0.2) is 6.29 Å². The Kier molecular flexibility index (Phi) is 6.79. The summed E-state index contributed by atoms with van der Waals surface area (Å²) >= 11 is 0. The second-order valence-electron chi connectivity index (χ2n) is 5.64. The van der Waals surface area contributed by atoms with Gasteiger partial charge in [-0.25, -0.2) is 4.79 Å².